The lowest BCUT2D eigenvalue weighted by molar-refractivity contribution is 0.276. The molecular weight excluding hydrogens is 477 g/mol. The first kappa shape index (κ1) is 22.5. The van der Waals surface area contributed by atoms with Crippen LogP contribution in [0.25, 0.3) is 16.6 Å². The SMILES string of the molecule is O=c1c2cnc(Nc3ccc(N4CCNCC4)cc3)nc2c(CO)nn1-c1c(Cl)cccc1Cl. The Balaban J connectivity index is 1.48. The Kier molecular flexibility index (Phi) is 6.34. The first-order valence-electron chi connectivity index (χ1n) is 10.7. The molecule has 34 heavy (non-hydrogen) atoms. The van der Waals surface area contributed by atoms with Gasteiger partial charge in [0.1, 0.15) is 16.9 Å². The van der Waals surface area contributed by atoms with Gasteiger partial charge in [0, 0.05) is 43.8 Å². The molecule has 0 radical (unpaired) electrons. The maximum atomic E-state index is 13.2. The minimum absolute atomic E-state index is 0.189. The van der Waals surface area contributed by atoms with E-state index in [4.69, 9.17) is 23.2 Å². The second-order valence-corrected chi connectivity index (χ2v) is 8.57. The van der Waals surface area contributed by atoms with E-state index in [1.165, 1.54) is 6.20 Å². The fourth-order valence-corrected chi connectivity index (χ4v) is 4.46. The number of rotatable bonds is 5. The molecule has 11 heteroatoms. The Labute approximate surface area is 205 Å². The van der Waals surface area contributed by atoms with Gasteiger partial charge in [0.15, 0.2) is 0 Å². The van der Waals surface area contributed by atoms with Crippen molar-refractivity contribution in [3.05, 3.63) is 74.8 Å². The van der Waals surface area contributed by atoms with Crippen LogP contribution in [-0.4, -0.2) is 51.0 Å². The van der Waals surface area contributed by atoms with Crippen molar-refractivity contribution in [3.63, 3.8) is 0 Å². The number of hydrogen-bond donors (Lipinski definition) is 3. The van der Waals surface area contributed by atoms with Crippen molar-refractivity contribution in [1.29, 1.82) is 0 Å². The number of nitrogens with zero attached hydrogens (tertiary/aromatic N) is 5. The number of nitrogens with one attached hydrogen (secondary N) is 2. The summed E-state index contributed by atoms with van der Waals surface area (Å²) in [6, 6.07) is 12.9. The molecule has 0 atom stereocenters. The van der Waals surface area contributed by atoms with Crippen LogP contribution in [0, 0.1) is 0 Å². The lowest BCUT2D eigenvalue weighted by Gasteiger charge is -2.29. The van der Waals surface area contributed by atoms with Crippen LogP contribution < -0.4 is 21.1 Å². The van der Waals surface area contributed by atoms with Gasteiger partial charge < -0.3 is 20.6 Å². The average Bonchev–Trinajstić information content (AvgIpc) is 2.86. The maximum Gasteiger partial charge on any atom is 0.282 e. The summed E-state index contributed by atoms with van der Waals surface area (Å²) in [5.74, 6) is 0.284. The first-order chi connectivity index (χ1) is 16.5. The highest BCUT2D eigenvalue weighted by Gasteiger charge is 2.18. The van der Waals surface area contributed by atoms with Crippen molar-refractivity contribution in [2.75, 3.05) is 36.4 Å². The smallest absolute Gasteiger partial charge is 0.282 e. The summed E-state index contributed by atoms with van der Waals surface area (Å²) in [7, 11) is 0. The second-order valence-electron chi connectivity index (χ2n) is 7.76. The molecule has 1 aliphatic heterocycles. The molecule has 1 saturated heterocycles. The van der Waals surface area contributed by atoms with Crippen LogP contribution in [0.2, 0.25) is 10.0 Å². The van der Waals surface area contributed by atoms with Crippen LogP contribution in [0.15, 0.2) is 53.5 Å². The van der Waals surface area contributed by atoms with Crippen LogP contribution in [0.3, 0.4) is 0 Å². The van der Waals surface area contributed by atoms with Gasteiger partial charge in [-0.1, -0.05) is 29.3 Å². The molecule has 0 saturated carbocycles. The van der Waals surface area contributed by atoms with Gasteiger partial charge in [0.05, 0.1) is 22.0 Å². The van der Waals surface area contributed by atoms with Crippen molar-refractivity contribution in [2.45, 2.75) is 6.61 Å². The van der Waals surface area contributed by atoms with Crippen LogP contribution in [-0.2, 0) is 6.61 Å². The van der Waals surface area contributed by atoms with Crippen LogP contribution in [0.5, 0.6) is 0 Å². The van der Waals surface area contributed by atoms with Crippen molar-refractivity contribution in [1.82, 2.24) is 25.1 Å². The zero-order chi connectivity index (χ0) is 23.7. The highest BCUT2D eigenvalue weighted by Crippen LogP contribution is 2.28. The predicted molar refractivity (Wildman–Crippen MR) is 134 cm³/mol. The lowest BCUT2D eigenvalue weighted by Crippen LogP contribution is -2.43. The van der Waals surface area contributed by atoms with Gasteiger partial charge >= 0.3 is 0 Å². The number of halogens is 2. The Morgan fingerprint density at radius 1 is 1.06 bits per heavy atom. The molecule has 5 rings (SSSR count). The number of para-hydroxylation sites is 1. The van der Waals surface area contributed by atoms with Gasteiger partial charge in [-0.15, -0.1) is 0 Å². The van der Waals surface area contributed by atoms with Crippen molar-refractivity contribution in [2.24, 2.45) is 0 Å². The number of fused-ring (bicyclic) bond motifs is 1. The molecule has 0 aliphatic carbocycles. The molecule has 2 aromatic heterocycles. The van der Waals surface area contributed by atoms with Crippen LogP contribution in [0.4, 0.5) is 17.3 Å². The third-order valence-corrected chi connectivity index (χ3v) is 6.22. The Morgan fingerprint density at radius 2 is 1.76 bits per heavy atom. The van der Waals surface area contributed by atoms with E-state index in [-0.39, 0.29) is 38.3 Å². The maximum absolute atomic E-state index is 13.2. The quantitative estimate of drug-likeness (QED) is 0.385. The van der Waals surface area contributed by atoms with E-state index in [1.807, 2.05) is 24.3 Å². The Hall–Kier alpha value is -3.24. The molecule has 9 nitrogen and oxygen atoms in total. The fourth-order valence-electron chi connectivity index (χ4n) is 3.90. The summed E-state index contributed by atoms with van der Waals surface area (Å²) in [5, 5.41) is 21.4. The summed E-state index contributed by atoms with van der Waals surface area (Å²) in [6.45, 7) is 3.44. The number of benzene rings is 2. The van der Waals surface area contributed by atoms with Crippen LogP contribution >= 0.6 is 23.2 Å². The van der Waals surface area contributed by atoms with E-state index in [0.29, 0.717) is 0 Å². The van der Waals surface area contributed by atoms with Gasteiger partial charge in [-0.2, -0.15) is 9.78 Å². The molecule has 1 fully saturated rings. The molecule has 0 amide bonds. The molecular formula is C23H21Cl2N7O2. The highest BCUT2D eigenvalue weighted by molar-refractivity contribution is 6.37. The molecule has 0 unspecified atom stereocenters. The summed E-state index contributed by atoms with van der Waals surface area (Å²) >= 11 is 12.5. The highest BCUT2D eigenvalue weighted by atomic mass is 35.5. The molecule has 174 valence electrons. The third kappa shape index (κ3) is 4.30. The zero-order valence-electron chi connectivity index (χ0n) is 18.0. The first-order valence-corrected chi connectivity index (χ1v) is 11.5. The molecule has 4 aromatic rings. The summed E-state index contributed by atoms with van der Waals surface area (Å²) < 4.78 is 1.07. The van der Waals surface area contributed by atoms with Gasteiger partial charge in [-0.3, -0.25) is 4.79 Å². The minimum atomic E-state index is -0.492. The van der Waals surface area contributed by atoms with Gasteiger partial charge in [-0.25, -0.2) is 9.97 Å². The number of anilines is 3. The van der Waals surface area contributed by atoms with Gasteiger partial charge in [-0.05, 0) is 36.4 Å². The zero-order valence-corrected chi connectivity index (χ0v) is 19.5. The van der Waals surface area contributed by atoms with E-state index in [0.717, 1.165) is 42.2 Å². The second kappa shape index (κ2) is 9.55. The summed E-state index contributed by atoms with van der Waals surface area (Å²) in [4.78, 5) is 24.2. The Bertz CT molecular complexity index is 1380. The third-order valence-electron chi connectivity index (χ3n) is 5.61. The van der Waals surface area contributed by atoms with Crippen LogP contribution in [0.1, 0.15) is 5.69 Å². The largest absolute Gasteiger partial charge is 0.390 e. The molecule has 1 aliphatic rings. The van der Waals surface area contributed by atoms with E-state index in [2.05, 4.69) is 30.6 Å². The lowest BCUT2D eigenvalue weighted by atomic mass is 10.2. The minimum Gasteiger partial charge on any atom is -0.390 e. The Morgan fingerprint density at radius 3 is 2.44 bits per heavy atom. The standard InChI is InChI=1S/C23H21Cl2N7O2/c24-17-2-1-3-18(25)21(17)32-22(34)16-12-27-23(29-20(16)19(13-33)30-32)28-14-4-6-15(7-5-14)31-10-8-26-9-11-31/h1-7,12,26,33H,8-11,13H2,(H,27,28,29). The van der Waals surface area contributed by atoms with Crippen molar-refractivity contribution < 1.29 is 5.11 Å². The molecule has 3 heterocycles. The number of aliphatic hydroxyl groups is 1. The summed E-state index contributed by atoms with van der Waals surface area (Å²) in [6.07, 6.45) is 1.41. The number of aromatic nitrogens is 4. The normalized spacial score (nSPS) is 13.9. The average molecular weight is 498 g/mol. The molecule has 3 N–H and O–H groups in total. The molecule has 0 bridgehead atoms. The predicted octanol–water partition coefficient (Wildman–Crippen LogP) is 3.13. The molecule has 0 spiro atoms. The van der Waals surface area contributed by atoms with E-state index >= 15 is 0 Å². The molecule has 2 aromatic carbocycles. The van der Waals surface area contributed by atoms with Crippen molar-refractivity contribution >= 4 is 51.4 Å². The van der Waals surface area contributed by atoms with E-state index < -0.39 is 12.2 Å². The summed E-state index contributed by atoms with van der Waals surface area (Å²) in [5.41, 5.74) is 2.14. The van der Waals surface area contributed by atoms with Gasteiger partial charge in [0.2, 0.25) is 5.95 Å². The fraction of sp³-hybridized carbons (Fsp3) is 0.217. The number of piperazine rings is 1. The van der Waals surface area contributed by atoms with Gasteiger partial charge in [0.25, 0.3) is 5.56 Å². The monoisotopic (exact) mass is 497 g/mol. The number of hydrogen-bond acceptors (Lipinski definition) is 8. The number of aliphatic hydroxyl groups excluding tert-OH is 1. The van der Waals surface area contributed by atoms with Crippen molar-refractivity contribution in [3.8, 4) is 5.69 Å². The van der Waals surface area contributed by atoms with E-state index in [1.54, 1.807) is 18.2 Å². The van der Waals surface area contributed by atoms with E-state index in [9.17, 15) is 9.90 Å². The topological polar surface area (TPSA) is 108 Å².